The topological polar surface area (TPSA) is 192 Å². The third kappa shape index (κ3) is 94.7. The first-order valence-corrected chi connectivity index (χ1v) is 3.58. The molecule has 0 aliphatic rings. The van der Waals surface area contributed by atoms with E-state index in [1.807, 2.05) is 5.32 Å². The zero-order valence-corrected chi connectivity index (χ0v) is 7.76. The third-order valence-electron chi connectivity index (χ3n) is 0.269. The SMILES string of the molecule is N=C(N)NC(=N)N.O=S(=O)([O-])[O-].[Cu+2]. The summed E-state index contributed by atoms with van der Waals surface area (Å²) >= 11 is 0. The summed E-state index contributed by atoms with van der Waals surface area (Å²) in [5, 5.41) is 15.0. The van der Waals surface area contributed by atoms with Crippen LogP contribution in [0.2, 0.25) is 0 Å². The molecule has 13 heavy (non-hydrogen) atoms. The molecule has 1 radical (unpaired) electrons. The Labute approximate surface area is 84.9 Å². The van der Waals surface area contributed by atoms with Crippen molar-refractivity contribution in [3.8, 4) is 0 Å². The van der Waals surface area contributed by atoms with E-state index in [1.54, 1.807) is 0 Å². The Morgan fingerprint density at radius 3 is 1.31 bits per heavy atom. The second kappa shape index (κ2) is 7.76. The van der Waals surface area contributed by atoms with Crippen LogP contribution >= 0.6 is 0 Å². The minimum Gasteiger partial charge on any atom is -0.759 e. The maximum Gasteiger partial charge on any atom is 2.00 e. The zero-order valence-electron chi connectivity index (χ0n) is 6.00. The molecule has 0 aromatic rings. The average Bonchev–Trinajstić information content (AvgIpc) is 1.52. The molecule has 81 valence electrons. The number of nitrogens with two attached hydrogens (primary N) is 2. The fraction of sp³-hybridized carbons (Fsp3) is 0. The minimum atomic E-state index is -5.17. The van der Waals surface area contributed by atoms with Gasteiger partial charge in [-0.25, -0.2) is 0 Å². The summed E-state index contributed by atoms with van der Waals surface area (Å²) in [6.07, 6.45) is 0. The van der Waals surface area contributed by atoms with E-state index in [0.717, 1.165) is 0 Å². The predicted molar refractivity (Wildman–Crippen MR) is 37.4 cm³/mol. The van der Waals surface area contributed by atoms with Gasteiger partial charge in [0.25, 0.3) is 0 Å². The van der Waals surface area contributed by atoms with Gasteiger partial charge in [0.1, 0.15) is 0 Å². The van der Waals surface area contributed by atoms with Gasteiger partial charge in [-0.1, -0.05) is 0 Å². The molecular weight excluding hydrogens is 254 g/mol. The van der Waals surface area contributed by atoms with Gasteiger partial charge in [-0.15, -0.1) is 0 Å². The Morgan fingerprint density at radius 2 is 1.31 bits per heavy atom. The Kier molecular flexibility index (Phi) is 10.8. The van der Waals surface area contributed by atoms with Gasteiger partial charge < -0.3 is 20.6 Å². The van der Waals surface area contributed by atoms with Crippen LogP contribution in [0.3, 0.4) is 0 Å². The molecule has 0 aromatic carbocycles. The Balaban J connectivity index is -0.000000150. The van der Waals surface area contributed by atoms with Gasteiger partial charge in [0.05, 0.1) is 0 Å². The molecule has 0 atom stereocenters. The van der Waals surface area contributed by atoms with E-state index < -0.39 is 10.4 Å². The van der Waals surface area contributed by atoms with E-state index >= 15 is 0 Å². The van der Waals surface area contributed by atoms with E-state index in [4.69, 9.17) is 39.8 Å². The third-order valence-corrected chi connectivity index (χ3v) is 0.269. The van der Waals surface area contributed by atoms with E-state index in [2.05, 4.69) is 0 Å². The van der Waals surface area contributed by atoms with Crippen LogP contribution in [-0.2, 0) is 27.5 Å². The quantitative estimate of drug-likeness (QED) is 0.101. The molecule has 0 fully saturated rings. The van der Waals surface area contributed by atoms with Crippen LogP contribution in [0.4, 0.5) is 0 Å². The Hall–Kier alpha value is -0.871. The first-order valence-electron chi connectivity index (χ1n) is 2.24. The largest absolute Gasteiger partial charge is 2.00 e. The van der Waals surface area contributed by atoms with Crippen molar-refractivity contribution in [3.63, 3.8) is 0 Å². The molecule has 0 bridgehead atoms. The van der Waals surface area contributed by atoms with E-state index in [1.165, 1.54) is 0 Å². The number of guanidine groups is 2. The van der Waals surface area contributed by atoms with Crippen molar-refractivity contribution in [1.29, 1.82) is 10.8 Å². The molecule has 0 amide bonds. The number of hydrogen-bond donors (Lipinski definition) is 5. The van der Waals surface area contributed by atoms with Crippen molar-refractivity contribution in [2.45, 2.75) is 0 Å². The van der Waals surface area contributed by atoms with Gasteiger partial charge in [0, 0.05) is 10.4 Å². The molecule has 0 unspecified atom stereocenters. The molecule has 0 heterocycles. The molecule has 11 heteroatoms. The van der Waals surface area contributed by atoms with Crippen LogP contribution in [0.25, 0.3) is 0 Å². The molecule has 0 aromatic heterocycles. The smallest absolute Gasteiger partial charge is 0.759 e. The number of rotatable bonds is 0. The van der Waals surface area contributed by atoms with Crippen molar-refractivity contribution < 1.29 is 34.6 Å². The van der Waals surface area contributed by atoms with Gasteiger partial charge in [-0.05, 0) is 0 Å². The monoisotopic (exact) mass is 260 g/mol. The fourth-order valence-corrected chi connectivity index (χ4v) is 0.145. The molecule has 0 aliphatic heterocycles. The van der Waals surface area contributed by atoms with Crippen molar-refractivity contribution in [1.82, 2.24) is 5.32 Å². The van der Waals surface area contributed by atoms with Gasteiger partial charge in [-0.2, -0.15) is 0 Å². The first kappa shape index (κ1) is 18.0. The summed E-state index contributed by atoms with van der Waals surface area (Å²) in [6, 6.07) is 0. The van der Waals surface area contributed by atoms with E-state index in [-0.39, 0.29) is 29.0 Å². The molecular formula is C2H7CuN5O4S. The van der Waals surface area contributed by atoms with Crippen molar-refractivity contribution in [2.24, 2.45) is 11.5 Å². The minimum absolute atomic E-state index is 0. The predicted octanol–water partition coefficient (Wildman–Crippen LogP) is -2.98. The summed E-state index contributed by atoms with van der Waals surface area (Å²) in [5.41, 5.74) is 9.49. The van der Waals surface area contributed by atoms with Crippen molar-refractivity contribution in [3.05, 3.63) is 0 Å². The van der Waals surface area contributed by atoms with Gasteiger partial charge in [-0.3, -0.25) is 24.6 Å². The molecule has 0 aliphatic carbocycles. The summed E-state index contributed by atoms with van der Waals surface area (Å²) in [4.78, 5) is 0. The molecule has 0 spiro atoms. The summed E-state index contributed by atoms with van der Waals surface area (Å²) in [7, 11) is -5.17. The second-order valence-corrected chi connectivity index (χ2v) is 2.18. The summed E-state index contributed by atoms with van der Waals surface area (Å²) < 4.78 is 34.1. The van der Waals surface area contributed by atoms with E-state index in [9.17, 15) is 0 Å². The molecule has 0 rings (SSSR count). The molecule has 0 saturated carbocycles. The van der Waals surface area contributed by atoms with Crippen molar-refractivity contribution >= 4 is 22.3 Å². The van der Waals surface area contributed by atoms with Crippen LogP contribution in [0.15, 0.2) is 0 Å². The van der Waals surface area contributed by atoms with Gasteiger partial charge >= 0.3 is 17.1 Å². The number of hydrogen-bond acceptors (Lipinski definition) is 6. The van der Waals surface area contributed by atoms with Crippen LogP contribution in [0.1, 0.15) is 0 Å². The average molecular weight is 261 g/mol. The summed E-state index contributed by atoms with van der Waals surface area (Å²) in [6.45, 7) is 0. The second-order valence-electron chi connectivity index (χ2n) is 1.36. The van der Waals surface area contributed by atoms with Crippen LogP contribution in [0, 0.1) is 10.8 Å². The van der Waals surface area contributed by atoms with Crippen LogP contribution < -0.4 is 16.8 Å². The zero-order chi connectivity index (χ0) is 10.4. The standard InChI is InChI=1S/C2H7N5.Cu.H2O4S/c3-1(4)7-2(5)6;;1-5(2,3)4/h(H7,3,4,5,6,7);;(H2,1,2,3,4)/q;+2;/p-2. The van der Waals surface area contributed by atoms with Gasteiger partial charge in [0.2, 0.25) is 0 Å². The summed E-state index contributed by atoms with van der Waals surface area (Å²) in [5.74, 6) is -0.625. The Bertz CT molecular complexity index is 242. The van der Waals surface area contributed by atoms with Gasteiger partial charge in [0.15, 0.2) is 11.9 Å². The molecule has 7 N–H and O–H groups in total. The maximum atomic E-state index is 8.52. The number of nitrogens with one attached hydrogen (secondary N) is 3. The van der Waals surface area contributed by atoms with Crippen LogP contribution in [0.5, 0.6) is 0 Å². The van der Waals surface area contributed by atoms with E-state index in [0.29, 0.717) is 0 Å². The molecule has 9 nitrogen and oxygen atoms in total. The first-order chi connectivity index (χ1) is 5.13. The van der Waals surface area contributed by atoms with Crippen LogP contribution in [-0.4, -0.2) is 29.4 Å². The Morgan fingerprint density at radius 1 is 1.15 bits per heavy atom. The van der Waals surface area contributed by atoms with Crippen molar-refractivity contribution in [2.75, 3.05) is 0 Å². The molecule has 0 saturated heterocycles. The maximum absolute atomic E-state index is 8.52. The normalized spacial score (nSPS) is 8.46. The fourth-order valence-electron chi connectivity index (χ4n) is 0.145.